The van der Waals surface area contributed by atoms with Gasteiger partial charge in [-0.3, -0.25) is 9.59 Å². The van der Waals surface area contributed by atoms with Crippen molar-refractivity contribution in [3.63, 3.8) is 0 Å². The Labute approximate surface area is 122 Å². The van der Waals surface area contributed by atoms with E-state index < -0.39 is 6.10 Å². The third kappa shape index (κ3) is 3.08. The molecular formula is C14H19N3O4. The van der Waals surface area contributed by atoms with Crippen molar-refractivity contribution in [2.75, 3.05) is 45.9 Å². The quantitative estimate of drug-likeness (QED) is 0.799. The van der Waals surface area contributed by atoms with Crippen LogP contribution in [0.5, 0.6) is 0 Å². The molecule has 7 nitrogen and oxygen atoms in total. The zero-order valence-corrected chi connectivity index (χ0v) is 11.8. The van der Waals surface area contributed by atoms with Crippen molar-refractivity contribution in [1.82, 2.24) is 15.1 Å². The summed E-state index contributed by atoms with van der Waals surface area (Å²) in [5.41, 5.74) is 0. The van der Waals surface area contributed by atoms with Crippen LogP contribution < -0.4 is 5.32 Å². The minimum absolute atomic E-state index is 0.00676. The fourth-order valence-corrected chi connectivity index (χ4v) is 2.61. The second-order valence-electron chi connectivity index (χ2n) is 5.16. The lowest BCUT2D eigenvalue weighted by Gasteiger charge is -2.36. The van der Waals surface area contributed by atoms with Crippen molar-refractivity contribution < 1.29 is 18.7 Å². The molecule has 3 heterocycles. The molecule has 2 saturated heterocycles. The summed E-state index contributed by atoms with van der Waals surface area (Å²) in [7, 11) is 0. The zero-order valence-electron chi connectivity index (χ0n) is 11.8. The number of carbonyl (C=O) groups excluding carboxylic acids is 2. The number of nitrogens with zero attached hydrogens (tertiary/aromatic N) is 2. The predicted molar refractivity (Wildman–Crippen MR) is 73.8 cm³/mol. The number of morpholine rings is 1. The van der Waals surface area contributed by atoms with Crippen molar-refractivity contribution in [3.05, 3.63) is 24.2 Å². The summed E-state index contributed by atoms with van der Waals surface area (Å²) in [4.78, 5) is 27.9. The molecule has 114 valence electrons. The normalized spacial score (nSPS) is 23.1. The average molecular weight is 293 g/mol. The maximum absolute atomic E-state index is 12.3. The van der Waals surface area contributed by atoms with E-state index in [1.165, 1.54) is 6.26 Å². The number of hydrogen-bond donors (Lipinski definition) is 1. The summed E-state index contributed by atoms with van der Waals surface area (Å²) in [6.45, 7) is 4.01. The molecule has 0 saturated carbocycles. The van der Waals surface area contributed by atoms with Gasteiger partial charge in [-0.25, -0.2) is 0 Å². The Morgan fingerprint density at radius 3 is 2.57 bits per heavy atom. The van der Waals surface area contributed by atoms with E-state index in [1.807, 2.05) is 0 Å². The minimum Gasteiger partial charge on any atom is -0.459 e. The molecule has 2 amide bonds. The molecule has 1 N–H and O–H groups in total. The lowest BCUT2D eigenvalue weighted by Crippen LogP contribution is -2.55. The SMILES string of the molecule is O=C(c1ccco1)N1CCN(C(=O)[C@@H]2CNCCO2)CC1. The van der Waals surface area contributed by atoms with E-state index in [-0.39, 0.29) is 11.8 Å². The molecule has 1 aromatic heterocycles. The molecule has 2 aliphatic rings. The van der Waals surface area contributed by atoms with E-state index in [2.05, 4.69) is 5.32 Å². The van der Waals surface area contributed by atoms with Crippen molar-refractivity contribution in [2.45, 2.75) is 6.10 Å². The maximum Gasteiger partial charge on any atom is 0.289 e. The van der Waals surface area contributed by atoms with Crippen molar-refractivity contribution in [1.29, 1.82) is 0 Å². The van der Waals surface area contributed by atoms with E-state index in [0.29, 0.717) is 45.1 Å². The van der Waals surface area contributed by atoms with E-state index in [9.17, 15) is 9.59 Å². The lowest BCUT2D eigenvalue weighted by atomic mass is 10.2. The van der Waals surface area contributed by atoms with Gasteiger partial charge in [-0.2, -0.15) is 0 Å². The van der Waals surface area contributed by atoms with Gasteiger partial charge in [0.1, 0.15) is 6.10 Å². The highest BCUT2D eigenvalue weighted by Gasteiger charge is 2.31. The Hall–Kier alpha value is -1.86. The summed E-state index contributed by atoms with van der Waals surface area (Å²) in [5, 5.41) is 3.15. The number of carbonyl (C=O) groups is 2. The van der Waals surface area contributed by atoms with Gasteiger partial charge >= 0.3 is 0 Å². The van der Waals surface area contributed by atoms with Crippen LogP contribution in [0.2, 0.25) is 0 Å². The van der Waals surface area contributed by atoms with Gasteiger partial charge in [0.05, 0.1) is 12.9 Å². The van der Waals surface area contributed by atoms with E-state index in [0.717, 1.165) is 6.54 Å². The van der Waals surface area contributed by atoms with Gasteiger partial charge in [0.25, 0.3) is 11.8 Å². The van der Waals surface area contributed by atoms with E-state index in [4.69, 9.17) is 9.15 Å². The molecule has 0 spiro atoms. The summed E-state index contributed by atoms with van der Waals surface area (Å²) in [6, 6.07) is 3.35. The summed E-state index contributed by atoms with van der Waals surface area (Å²) < 4.78 is 10.6. The Morgan fingerprint density at radius 2 is 1.95 bits per heavy atom. The van der Waals surface area contributed by atoms with Gasteiger partial charge in [0.2, 0.25) is 0 Å². The fourth-order valence-electron chi connectivity index (χ4n) is 2.61. The van der Waals surface area contributed by atoms with Crippen LogP contribution in [0.15, 0.2) is 22.8 Å². The standard InChI is InChI=1S/C14H19N3O4/c18-13(11-2-1-8-20-11)16-4-6-17(7-5-16)14(19)12-10-15-3-9-21-12/h1-2,8,12,15H,3-7,9-10H2/t12-/m0/s1. The van der Waals surface area contributed by atoms with Gasteiger partial charge in [-0.15, -0.1) is 0 Å². The largest absolute Gasteiger partial charge is 0.459 e. The second kappa shape index (κ2) is 6.28. The molecule has 1 atom stereocenters. The Morgan fingerprint density at radius 1 is 1.19 bits per heavy atom. The van der Waals surface area contributed by atoms with Gasteiger partial charge in [0, 0.05) is 39.3 Å². The first-order chi connectivity index (χ1) is 10.3. The van der Waals surface area contributed by atoms with Crippen molar-refractivity contribution in [3.8, 4) is 0 Å². The van der Waals surface area contributed by atoms with Crippen molar-refractivity contribution in [2.24, 2.45) is 0 Å². The first kappa shape index (κ1) is 14.1. The smallest absolute Gasteiger partial charge is 0.289 e. The lowest BCUT2D eigenvalue weighted by molar-refractivity contribution is -0.146. The number of piperazine rings is 1. The first-order valence-electron chi connectivity index (χ1n) is 7.19. The number of hydrogen-bond acceptors (Lipinski definition) is 5. The molecule has 2 aliphatic heterocycles. The van der Waals surface area contributed by atoms with Crippen molar-refractivity contribution >= 4 is 11.8 Å². The molecule has 0 aliphatic carbocycles. The molecule has 2 fully saturated rings. The van der Waals surface area contributed by atoms with Crippen LogP contribution in [0.3, 0.4) is 0 Å². The molecule has 0 bridgehead atoms. The molecule has 0 radical (unpaired) electrons. The third-order valence-electron chi connectivity index (χ3n) is 3.81. The number of furan rings is 1. The molecule has 7 heteroatoms. The van der Waals surface area contributed by atoms with Crippen LogP contribution >= 0.6 is 0 Å². The predicted octanol–water partition coefficient (Wildman–Crippen LogP) is -0.448. The molecule has 21 heavy (non-hydrogen) atoms. The third-order valence-corrected chi connectivity index (χ3v) is 3.81. The Bertz CT molecular complexity index is 488. The van der Waals surface area contributed by atoms with Gasteiger partial charge < -0.3 is 24.3 Å². The molecule has 3 rings (SSSR count). The average Bonchev–Trinajstić information content (AvgIpc) is 3.09. The van der Waals surface area contributed by atoms with Crippen LogP contribution in [0, 0.1) is 0 Å². The monoisotopic (exact) mass is 293 g/mol. The highest BCUT2D eigenvalue weighted by atomic mass is 16.5. The Balaban J connectivity index is 1.52. The van der Waals surface area contributed by atoms with Crippen LogP contribution in [-0.2, 0) is 9.53 Å². The fraction of sp³-hybridized carbons (Fsp3) is 0.571. The van der Waals surface area contributed by atoms with Crippen LogP contribution in [0.25, 0.3) is 0 Å². The highest BCUT2D eigenvalue weighted by Crippen LogP contribution is 2.11. The topological polar surface area (TPSA) is 75.0 Å². The van der Waals surface area contributed by atoms with Crippen LogP contribution in [-0.4, -0.2) is 73.6 Å². The van der Waals surface area contributed by atoms with Gasteiger partial charge in [-0.05, 0) is 12.1 Å². The number of rotatable bonds is 2. The first-order valence-corrected chi connectivity index (χ1v) is 7.19. The maximum atomic E-state index is 12.3. The molecular weight excluding hydrogens is 274 g/mol. The molecule has 0 unspecified atom stereocenters. The second-order valence-corrected chi connectivity index (χ2v) is 5.16. The summed E-state index contributed by atoms with van der Waals surface area (Å²) in [6.07, 6.45) is 1.09. The zero-order chi connectivity index (χ0) is 14.7. The summed E-state index contributed by atoms with van der Waals surface area (Å²) >= 11 is 0. The van der Waals surface area contributed by atoms with Gasteiger partial charge in [0.15, 0.2) is 5.76 Å². The summed E-state index contributed by atoms with van der Waals surface area (Å²) in [5.74, 6) is 0.226. The van der Waals surface area contributed by atoms with Crippen LogP contribution in [0.4, 0.5) is 0 Å². The van der Waals surface area contributed by atoms with Gasteiger partial charge in [-0.1, -0.05) is 0 Å². The highest BCUT2D eigenvalue weighted by molar-refractivity contribution is 5.91. The number of amides is 2. The van der Waals surface area contributed by atoms with E-state index in [1.54, 1.807) is 21.9 Å². The van der Waals surface area contributed by atoms with E-state index >= 15 is 0 Å². The van der Waals surface area contributed by atoms with Crippen LogP contribution in [0.1, 0.15) is 10.6 Å². The molecule has 1 aromatic rings. The number of nitrogens with one attached hydrogen (secondary N) is 1. The molecule has 0 aromatic carbocycles. The Kier molecular flexibility index (Phi) is 4.21. The minimum atomic E-state index is -0.397. The number of ether oxygens (including phenoxy) is 1.